The van der Waals surface area contributed by atoms with Crippen LogP contribution in [-0.2, 0) is 14.8 Å². The number of benzene rings is 1. The van der Waals surface area contributed by atoms with Gasteiger partial charge in [0.15, 0.2) is 0 Å². The van der Waals surface area contributed by atoms with Gasteiger partial charge in [0.05, 0.1) is 23.2 Å². The molecule has 1 rings (SSSR count). The van der Waals surface area contributed by atoms with E-state index in [1.54, 1.807) is 0 Å². The number of aliphatic hydroxyl groups excluding tert-OH is 1. The number of halogens is 2. The van der Waals surface area contributed by atoms with Crippen LogP contribution in [0.3, 0.4) is 0 Å². The Morgan fingerprint density at radius 1 is 1.33 bits per heavy atom. The van der Waals surface area contributed by atoms with Crippen LogP contribution < -0.4 is 10.5 Å². The number of rotatable bonds is 5. The number of hydrogen-bond acceptors (Lipinski definition) is 4. The van der Waals surface area contributed by atoms with Crippen LogP contribution in [0.1, 0.15) is 12.0 Å². The highest BCUT2D eigenvalue weighted by molar-refractivity contribution is 7.89. The molecule has 114 valence electrons. The molecular formula is C12H12Cl2N2O4S. The second-order valence-corrected chi connectivity index (χ2v) is 6.35. The molecule has 0 aliphatic heterocycles. The Balaban J connectivity index is 3.16. The first-order valence-corrected chi connectivity index (χ1v) is 7.88. The lowest BCUT2D eigenvalue weighted by Crippen LogP contribution is -2.33. The molecule has 0 aliphatic carbocycles. The molecular weight excluding hydrogens is 339 g/mol. The van der Waals surface area contributed by atoms with Gasteiger partial charge in [-0.3, -0.25) is 4.79 Å². The van der Waals surface area contributed by atoms with Crippen molar-refractivity contribution in [2.45, 2.75) is 11.3 Å². The smallest absolute Gasteiger partial charge is 0.244 e. The van der Waals surface area contributed by atoms with Gasteiger partial charge in [0.1, 0.15) is 4.90 Å². The molecule has 1 aromatic carbocycles. The van der Waals surface area contributed by atoms with Crippen LogP contribution in [0, 0.1) is 11.8 Å². The summed E-state index contributed by atoms with van der Waals surface area (Å²) in [7, 11) is -4.06. The van der Waals surface area contributed by atoms with Crippen LogP contribution in [0.2, 0.25) is 10.0 Å². The van der Waals surface area contributed by atoms with Gasteiger partial charge < -0.3 is 10.8 Å². The summed E-state index contributed by atoms with van der Waals surface area (Å²) in [6.07, 6.45) is 0.273. The molecule has 0 heterocycles. The Morgan fingerprint density at radius 3 is 2.38 bits per heavy atom. The monoisotopic (exact) mass is 350 g/mol. The third-order valence-electron chi connectivity index (χ3n) is 2.17. The van der Waals surface area contributed by atoms with Gasteiger partial charge in [-0.1, -0.05) is 35.0 Å². The molecule has 0 aromatic heterocycles. The second kappa shape index (κ2) is 7.64. The molecule has 0 saturated heterocycles. The molecule has 1 amide bonds. The van der Waals surface area contributed by atoms with E-state index in [1.807, 2.05) is 4.72 Å². The Morgan fingerprint density at radius 2 is 1.90 bits per heavy atom. The molecule has 21 heavy (non-hydrogen) atoms. The number of carbonyl (C=O) groups excluding carboxylic acids is 1. The summed E-state index contributed by atoms with van der Waals surface area (Å²) in [5, 5.41) is 8.36. The molecule has 0 saturated carbocycles. The van der Waals surface area contributed by atoms with Crippen molar-refractivity contribution in [1.29, 1.82) is 0 Å². The molecule has 0 spiro atoms. The van der Waals surface area contributed by atoms with Crippen LogP contribution in [0.4, 0.5) is 0 Å². The van der Waals surface area contributed by atoms with Gasteiger partial charge in [-0.05, 0) is 12.1 Å². The summed E-state index contributed by atoms with van der Waals surface area (Å²) in [6, 6.07) is 2.66. The standard InChI is InChI=1S/C12H12Cl2N2O4S/c13-9-5-8(3-1-2-4-17)6-10(14)12(9)21(19,20)16-7-11(15)18/h5-6,16-17H,2,4,7H2,(H2,15,18). The summed E-state index contributed by atoms with van der Waals surface area (Å²) in [6.45, 7) is -0.648. The minimum atomic E-state index is -4.06. The van der Waals surface area contributed by atoms with Gasteiger partial charge in [-0.15, -0.1) is 0 Å². The third-order valence-corrected chi connectivity index (χ3v) is 4.49. The normalized spacial score (nSPS) is 10.8. The summed E-state index contributed by atoms with van der Waals surface area (Å²) < 4.78 is 26.0. The van der Waals surface area contributed by atoms with Crippen molar-refractivity contribution in [3.05, 3.63) is 27.7 Å². The van der Waals surface area contributed by atoms with Crippen molar-refractivity contribution in [1.82, 2.24) is 4.72 Å². The van der Waals surface area contributed by atoms with Crippen molar-refractivity contribution in [3.63, 3.8) is 0 Å². The lowest BCUT2D eigenvalue weighted by atomic mass is 10.2. The summed E-state index contributed by atoms with van der Waals surface area (Å²) >= 11 is 11.8. The molecule has 9 heteroatoms. The average Bonchev–Trinajstić information content (AvgIpc) is 2.36. The van der Waals surface area contributed by atoms with E-state index in [2.05, 4.69) is 11.8 Å². The highest BCUT2D eigenvalue weighted by Crippen LogP contribution is 2.30. The summed E-state index contributed by atoms with van der Waals surface area (Å²) in [5.41, 5.74) is 5.28. The van der Waals surface area contributed by atoms with Crippen molar-refractivity contribution in [2.24, 2.45) is 5.73 Å². The molecule has 0 aliphatic rings. The molecule has 6 nitrogen and oxygen atoms in total. The summed E-state index contributed by atoms with van der Waals surface area (Å²) in [5.74, 6) is 4.51. The fourth-order valence-corrected chi connectivity index (χ4v) is 3.55. The number of aliphatic hydroxyl groups is 1. The van der Waals surface area contributed by atoms with Gasteiger partial charge in [-0.25, -0.2) is 13.1 Å². The van der Waals surface area contributed by atoms with Gasteiger partial charge in [0, 0.05) is 12.0 Å². The van der Waals surface area contributed by atoms with Gasteiger partial charge in [0.2, 0.25) is 15.9 Å². The maximum atomic E-state index is 12.0. The largest absolute Gasteiger partial charge is 0.395 e. The molecule has 0 unspecified atom stereocenters. The van der Waals surface area contributed by atoms with E-state index in [9.17, 15) is 13.2 Å². The first kappa shape index (κ1) is 17.8. The predicted octanol–water partition coefficient (Wildman–Crippen LogP) is 0.491. The van der Waals surface area contributed by atoms with Crippen LogP contribution in [0.15, 0.2) is 17.0 Å². The minimum absolute atomic E-state index is 0.0854. The molecule has 0 radical (unpaired) electrons. The van der Waals surface area contributed by atoms with E-state index < -0.39 is 22.5 Å². The average molecular weight is 351 g/mol. The number of nitrogens with one attached hydrogen (secondary N) is 1. The Hall–Kier alpha value is -1.30. The fourth-order valence-electron chi connectivity index (χ4n) is 1.35. The predicted molar refractivity (Wildman–Crippen MR) is 79.4 cm³/mol. The SMILES string of the molecule is NC(=O)CNS(=O)(=O)c1c(Cl)cc(C#CCCO)cc1Cl. The Labute approximate surface area is 132 Å². The van der Waals surface area contributed by atoms with Crippen molar-refractivity contribution >= 4 is 39.1 Å². The number of hydrogen-bond donors (Lipinski definition) is 3. The van der Waals surface area contributed by atoms with Crippen LogP contribution >= 0.6 is 23.2 Å². The van der Waals surface area contributed by atoms with Gasteiger partial charge in [-0.2, -0.15) is 0 Å². The maximum absolute atomic E-state index is 12.0. The van der Waals surface area contributed by atoms with E-state index in [0.29, 0.717) is 5.56 Å². The summed E-state index contributed by atoms with van der Waals surface area (Å²) in [4.78, 5) is 10.3. The van der Waals surface area contributed by atoms with E-state index in [-0.39, 0.29) is 28.0 Å². The topological polar surface area (TPSA) is 109 Å². The number of nitrogens with two attached hydrogens (primary N) is 1. The fraction of sp³-hybridized carbons (Fsp3) is 0.250. The van der Waals surface area contributed by atoms with Gasteiger partial charge in [0.25, 0.3) is 0 Å². The number of amides is 1. The van der Waals surface area contributed by atoms with Crippen molar-refractivity contribution in [3.8, 4) is 11.8 Å². The molecule has 4 N–H and O–H groups in total. The lowest BCUT2D eigenvalue weighted by molar-refractivity contribution is -0.116. The van der Waals surface area contributed by atoms with Gasteiger partial charge >= 0.3 is 0 Å². The van der Waals surface area contributed by atoms with E-state index >= 15 is 0 Å². The molecule has 0 bridgehead atoms. The number of primary amides is 1. The second-order valence-electron chi connectivity index (χ2n) is 3.84. The van der Waals surface area contributed by atoms with Crippen LogP contribution in [0.5, 0.6) is 0 Å². The van der Waals surface area contributed by atoms with Crippen molar-refractivity contribution < 1.29 is 18.3 Å². The molecule has 0 atom stereocenters. The third kappa shape index (κ3) is 5.19. The first-order valence-electron chi connectivity index (χ1n) is 5.64. The zero-order chi connectivity index (χ0) is 16.0. The highest BCUT2D eigenvalue weighted by Gasteiger charge is 2.22. The Kier molecular flexibility index (Phi) is 6.45. The quantitative estimate of drug-likeness (QED) is 0.671. The highest BCUT2D eigenvalue weighted by atomic mass is 35.5. The zero-order valence-electron chi connectivity index (χ0n) is 10.7. The lowest BCUT2D eigenvalue weighted by Gasteiger charge is -2.09. The van der Waals surface area contributed by atoms with E-state index in [0.717, 1.165) is 0 Å². The maximum Gasteiger partial charge on any atom is 0.244 e. The minimum Gasteiger partial charge on any atom is -0.395 e. The van der Waals surface area contributed by atoms with Crippen molar-refractivity contribution in [2.75, 3.05) is 13.2 Å². The van der Waals surface area contributed by atoms with E-state index in [4.69, 9.17) is 34.0 Å². The number of sulfonamides is 1. The number of carbonyl (C=O) groups is 1. The zero-order valence-corrected chi connectivity index (χ0v) is 13.0. The Bertz CT molecular complexity index is 685. The van der Waals surface area contributed by atoms with Crippen LogP contribution in [0.25, 0.3) is 0 Å². The molecule has 0 fully saturated rings. The first-order chi connectivity index (χ1) is 9.77. The van der Waals surface area contributed by atoms with E-state index in [1.165, 1.54) is 12.1 Å². The molecule has 1 aromatic rings. The van der Waals surface area contributed by atoms with Crippen LogP contribution in [-0.4, -0.2) is 32.6 Å².